The Morgan fingerprint density at radius 3 is 2.04 bits per heavy atom. The number of aliphatic hydroxyl groups is 1. The number of aryl methyl sites for hydroxylation is 1. The first kappa shape index (κ1) is 24.1. The highest BCUT2D eigenvalue weighted by Crippen LogP contribution is 2.39. The van der Waals surface area contributed by atoms with E-state index < -0.39 is 17.2 Å². The number of hydrogen-bond donors (Lipinski definition) is 1. The maximum absolute atomic E-state index is 14.0. The van der Waals surface area contributed by atoms with Crippen LogP contribution in [0.2, 0.25) is 0 Å². The summed E-state index contributed by atoms with van der Waals surface area (Å²) in [5.41, 5.74) is -0.223. The lowest BCUT2D eigenvalue weighted by Gasteiger charge is -2.43. The highest BCUT2D eigenvalue weighted by atomic mass is 19.1. The number of unbranched alkanes of at least 4 members (excludes halogenated alkanes) is 5. The zero-order valence-corrected chi connectivity index (χ0v) is 18.0. The van der Waals surface area contributed by atoms with Gasteiger partial charge in [0.05, 0.1) is 5.60 Å². The van der Waals surface area contributed by atoms with E-state index in [0.717, 1.165) is 25.3 Å². The van der Waals surface area contributed by atoms with E-state index in [4.69, 9.17) is 0 Å². The van der Waals surface area contributed by atoms with Gasteiger partial charge in [0.15, 0.2) is 0 Å². The molecule has 156 valence electrons. The number of halogens is 2. The third-order valence-corrected chi connectivity index (χ3v) is 6.19. The molecular weight excluding hydrogens is 342 g/mol. The Hall–Kier alpha value is -0.960. The Labute approximate surface area is 165 Å². The second-order valence-corrected chi connectivity index (χ2v) is 8.72. The molecule has 0 saturated heterocycles. The minimum Gasteiger partial charge on any atom is -0.389 e. The van der Waals surface area contributed by atoms with Gasteiger partial charge in [-0.1, -0.05) is 79.2 Å². The van der Waals surface area contributed by atoms with E-state index in [1.54, 1.807) is 0 Å². The quantitative estimate of drug-likeness (QED) is 0.355. The first-order valence-corrected chi connectivity index (χ1v) is 10.9. The predicted octanol–water partition coefficient (Wildman–Crippen LogP) is 7.31. The van der Waals surface area contributed by atoms with Gasteiger partial charge < -0.3 is 5.11 Å². The summed E-state index contributed by atoms with van der Waals surface area (Å²) in [5, 5.41) is 11.5. The van der Waals surface area contributed by atoms with Crippen LogP contribution in [-0.4, -0.2) is 10.7 Å². The van der Waals surface area contributed by atoms with Crippen molar-refractivity contribution in [1.29, 1.82) is 0 Å². The van der Waals surface area contributed by atoms with Crippen molar-refractivity contribution in [3.05, 3.63) is 35.4 Å². The van der Waals surface area contributed by atoms with Crippen LogP contribution in [0.15, 0.2) is 18.2 Å². The molecule has 0 aliphatic carbocycles. The second-order valence-electron chi connectivity index (χ2n) is 8.72. The van der Waals surface area contributed by atoms with Crippen LogP contribution in [0.25, 0.3) is 0 Å². The van der Waals surface area contributed by atoms with E-state index in [1.807, 2.05) is 0 Å². The Balaban J connectivity index is 2.80. The van der Waals surface area contributed by atoms with Crippen molar-refractivity contribution in [2.24, 2.45) is 17.8 Å². The molecule has 0 fully saturated rings. The lowest BCUT2D eigenvalue weighted by molar-refractivity contribution is -0.101. The molecule has 1 nitrogen and oxygen atoms in total. The van der Waals surface area contributed by atoms with Crippen molar-refractivity contribution < 1.29 is 13.9 Å². The molecule has 1 aromatic rings. The highest BCUT2D eigenvalue weighted by Gasteiger charge is 2.41. The van der Waals surface area contributed by atoms with Crippen LogP contribution in [0, 0.1) is 29.4 Å². The Morgan fingerprint density at radius 2 is 1.48 bits per heavy atom. The fourth-order valence-corrected chi connectivity index (χ4v) is 4.44. The molecular formula is C24H40F2O. The molecule has 0 radical (unpaired) electrons. The normalized spacial score (nSPS) is 13.6. The summed E-state index contributed by atoms with van der Waals surface area (Å²) < 4.78 is 27.2. The molecule has 1 N–H and O–H groups in total. The molecule has 0 bridgehead atoms. The van der Waals surface area contributed by atoms with Gasteiger partial charge in [-0.15, -0.1) is 0 Å². The van der Waals surface area contributed by atoms with Crippen LogP contribution in [-0.2, 0) is 6.42 Å². The standard InChI is InChI=1S/C24H40F2O/c1-6-7-8-9-10-11-12-21(24(27,18(2)3)19(4)5)15-13-20-14-16-22(25)17-23(20)26/h14,16-19,21,27H,6-13,15H2,1-5H3. The Bertz CT molecular complexity index is 531. The molecule has 1 atom stereocenters. The van der Waals surface area contributed by atoms with Gasteiger partial charge in [-0.3, -0.25) is 0 Å². The summed E-state index contributed by atoms with van der Waals surface area (Å²) in [6.45, 7) is 10.5. The Morgan fingerprint density at radius 1 is 0.889 bits per heavy atom. The van der Waals surface area contributed by atoms with E-state index in [9.17, 15) is 13.9 Å². The fourth-order valence-electron chi connectivity index (χ4n) is 4.44. The van der Waals surface area contributed by atoms with Crippen LogP contribution >= 0.6 is 0 Å². The summed E-state index contributed by atoms with van der Waals surface area (Å²) in [7, 11) is 0. The smallest absolute Gasteiger partial charge is 0.129 e. The van der Waals surface area contributed by atoms with Gasteiger partial charge >= 0.3 is 0 Å². The maximum Gasteiger partial charge on any atom is 0.129 e. The predicted molar refractivity (Wildman–Crippen MR) is 111 cm³/mol. The number of hydrogen-bond acceptors (Lipinski definition) is 1. The summed E-state index contributed by atoms with van der Waals surface area (Å²) in [6.07, 6.45) is 9.56. The molecule has 1 aromatic carbocycles. The largest absolute Gasteiger partial charge is 0.389 e. The van der Waals surface area contributed by atoms with Gasteiger partial charge in [-0.25, -0.2) is 8.78 Å². The van der Waals surface area contributed by atoms with Crippen LogP contribution in [0.5, 0.6) is 0 Å². The molecule has 0 saturated carbocycles. The van der Waals surface area contributed by atoms with Crippen LogP contribution in [0.4, 0.5) is 8.78 Å². The van der Waals surface area contributed by atoms with Crippen molar-refractivity contribution in [2.75, 3.05) is 0 Å². The minimum absolute atomic E-state index is 0.119. The third-order valence-electron chi connectivity index (χ3n) is 6.19. The molecule has 0 spiro atoms. The van der Waals surface area contributed by atoms with Gasteiger partial charge in [-0.05, 0) is 48.6 Å². The zero-order valence-electron chi connectivity index (χ0n) is 18.0. The summed E-state index contributed by atoms with van der Waals surface area (Å²) in [6, 6.07) is 3.81. The molecule has 1 rings (SSSR count). The van der Waals surface area contributed by atoms with Crippen molar-refractivity contribution in [1.82, 2.24) is 0 Å². The monoisotopic (exact) mass is 382 g/mol. The molecule has 0 aliphatic heterocycles. The molecule has 0 aromatic heterocycles. The maximum atomic E-state index is 14.0. The summed E-state index contributed by atoms with van der Waals surface area (Å²) in [4.78, 5) is 0. The third kappa shape index (κ3) is 7.18. The molecule has 1 unspecified atom stereocenters. The Kier molecular flexibility index (Phi) is 10.5. The first-order chi connectivity index (χ1) is 12.7. The van der Waals surface area contributed by atoms with Crippen LogP contribution < -0.4 is 0 Å². The van der Waals surface area contributed by atoms with E-state index in [-0.39, 0.29) is 17.8 Å². The van der Waals surface area contributed by atoms with Crippen LogP contribution in [0.1, 0.15) is 91.5 Å². The lowest BCUT2D eigenvalue weighted by atomic mass is 9.67. The van der Waals surface area contributed by atoms with Gasteiger partial charge in [0.2, 0.25) is 0 Å². The van der Waals surface area contributed by atoms with E-state index in [0.29, 0.717) is 12.0 Å². The van der Waals surface area contributed by atoms with Crippen molar-refractivity contribution in [2.45, 2.75) is 98.0 Å². The molecule has 27 heavy (non-hydrogen) atoms. The average molecular weight is 383 g/mol. The molecule has 0 heterocycles. The minimum atomic E-state index is -0.764. The van der Waals surface area contributed by atoms with Gasteiger partial charge in [-0.2, -0.15) is 0 Å². The molecule has 0 amide bonds. The SMILES string of the molecule is CCCCCCCCC(CCc1ccc(F)cc1F)C(O)(C(C)C)C(C)C. The highest BCUT2D eigenvalue weighted by molar-refractivity contribution is 5.18. The van der Waals surface area contributed by atoms with E-state index in [2.05, 4.69) is 34.6 Å². The average Bonchev–Trinajstić information content (AvgIpc) is 2.60. The number of rotatable bonds is 13. The summed E-state index contributed by atoms with van der Waals surface area (Å²) >= 11 is 0. The lowest BCUT2D eigenvalue weighted by Crippen LogP contribution is -2.48. The van der Waals surface area contributed by atoms with E-state index in [1.165, 1.54) is 44.2 Å². The van der Waals surface area contributed by atoms with E-state index >= 15 is 0 Å². The van der Waals surface area contributed by atoms with Crippen molar-refractivity contribution >= 4 is 0 Å². The van der Waals surface area contributed by atoms with Gasteiger partial charge in [0.25, 0.3) is 0 Å². The second kappa shape index (κ2) is 11.8. The number of benzene rings is 1. The molecule has 0 aliphatic rings. The fraction of sp³-hybridized carbons (Fsp3) is 0.750. The summed E-state index contributed by atoms with van der Waals surface area (Å²) in [5.74, 6) is -0.624. The van der Waals surface area contributed by atoms with Crippen molar-refractivity contribution in [3.8, 4) is 0 Å². The van der Waals surface area contributed by atoms with Gasteiger partial charge in [0, 0.05) is 6.07 Å². The van der Waals surface area contributed by atoms with Gasteiger partial charge in [0.1, 0.15) is 11.6 Å². The van der Waals surface area contributed by atoms with Crippen LogP contribution in [0.3, 0.4) is 0 Å². The zero-order chi connectivity index (χ0) is 20.4. The first-order valence-electron chi connectivity index (χ1n) is 10.9. The van der Waals surface area contributed by atoms with Crippen molar-refractivity contribution in [3.63, 3.8) is 0 Å². The molecule has 3 heteroatoms. The topological polar surface area (TPSA) is 20.2 Å².